The van der Waals surface area contributed by atoms with E-state index in [1.165, 1.54) is 12.8 Å². The predicted molar refractivity (Wildman–Crippen MR) is 64.8 cm³/mol. The summed E-state index contributed by atoms with van der Waals surface area (Å²) < 4.78 is 0. The van der Waals surface area contributed by atoms with Crippen LogP contribution in [0.15, 0.2) is 18.3 Å². The third kappa shape index (κ3) is 4.00. The van der Waals surface area contributed by atoms with E-state index < -0.39 is 0 Å². The molecular weight excluding hydrogens is 208 g/mol. The van der Waals surface area contributed by atoms with E-state index >= 15 is 0 Å². The lowest BCUT2D eigenvalue weighted by molar-refractivity contribution is 0.565. The third-order valence-electron chi connectivity index (χ3n) is 2.41. The highest BCUT2D eigenvalue weighted by Gasteiger charge is 2.01. The van der Waals surface area contributed by atoms with Gasteiger partial charge < -0.3 is 0 Å². The number of nitrogens with zero attached hydrogens (tertiary/aromatic N) is 2. The van der Waals surface area contributed by atoms with Gasteiger partial charge in [-0.1, -0.05) is 37.9 Å². The Morgan fingerprint density at radius 3 is 2.87 bits per heavy atom. The first kappa shape index (κ1) is 12.2. The van der Waals surface area contributed by atoms with E-state index in [1.54, 1.807) is 12.3 Å². The van der Waals surface area contributed by atoms with E-state index in [9.17, 15) is 0 Å². The Bertz CT molecular complexity index is 323. The highest BCUT2D eigenvalue weighted by molar-refractivity contribution is 6.31. The summed E-state index contributed by atoms with van der Waals surface area (Å²) in [5, 5.41) is 8.45. The van der Waals surface area contributed by atoms with Gasteiger partial charge in [-0.2, -0.15) is 5.10 Å². The molecule has 82 valence electrons. The molecule has 15 heavy (non-hydrogen) atoms. The van der Waals surface area contributed by atoms with Crippen LogP contribution in [0.5, 0.6) is 0 Å². The highest BCUT2D eigenvalue weighted by Crippen LogP contribution is 2.17. The summed E-state index contributed by atoms with van der Waals surface area (Å²) >= 11 is 5.97. The zero-order valence-electron chi connectivity index (χ0n) is 9.28. The first-order valence-electron chi connectivity index (χ1n) is 5.43. The van der Waals surface area contributed by atoms with E-state index in [0.29, 0.717) is 10.9 Å². The largest absolute Gasteiger partial charge is 0.158 e. The van der Waals surface area contributed by atoms with Gasteiger partial charge in [0, 0.05) is 0 Å². The van der Waals surface area contributed by atoms with E-state index in [1.807, 2.05) is 6.08 Å². The average Bonchev–Trinajstić information content (AvgIpc) is 2.26. The standard InChI is InChI=1S/C12H17ClN2/c1-3-5-10(4-2)6-7-12-11(13)8-9-14-15-12/h6-10H,3-5H2,1-2H3/b7-6+. The summed E-state index contributed by atoms with van der Waals surface area (Å²) in [6, 6.07) is 1.76. The minimum Gasteiger partial charge on any atom is -0.158 e. The lowest BCUT2D eigenvalue weighted by Crippen LogP contribution is -1.93. The van der Waals surface area contributed by atoms with Gasteiger partial charge in [0.1, 0.15) is 5.69 Å². The topological polar surface area (TPSA) is 25.8 Å². The van der Waals surface area contributed by atoms with Crippen LogP contribution in [0.1, 0.15) is 38.8 Å². The molecule has 0 aliphatic carbocycles. The lowest BCUT2D eigenvalue weighted by Gasteiger charge is -2.07. The van der Waals surface area contributed by atoms with Gasteiger partial charge in [0.05, 0.1) is 11.2 Å². The summed E-state index contributed by atoms with van der Waals surface area (Å²) in [6.45, 7) is 4.40. The Morgan fingerprint density at radius 2 is 2.27 bits per heavy atom. The Hall–Kier alpha value is -0.890. The zero-order valence-corrected chi connectivity index (χ0v) is 10.0. The van der Waals surface area contributed by atoms with Crippen molar-refractivity contribution < 1.29 is 0 Å². The molecule has 0 saturated heterocycles. The van der Waals surface area contributed by atoms with Gasteiger partial charge >= 0.3 is 0 Å². The Morgan fingerprint density at radius 1 is 1.47 bits per heavy atom. The SMILES string of the molecule is CCCC(/C=C/c1nnccc1Cl)CC. The molecule has 3 heteroatoms. The van der Waals surface area contributed by atoms with Crippen molar-refractivity contribution in [3.8, 4) is 0 Å². The second-order valence-corrected chi connectivity index (χ2v) is 3.99. The first-order chi connectivity index (χ1) is 7.27. The molecule has 0 aliphatic rings. The molecule has 0 amide bonds. The molecule has 0 saturated carbocycles. The van der Waals surface area contributed by atoms with Crippen LogP contribution < -0.4 is 0 Å². The fourth-order valence-electron chi connectivity index (χ4n) is 1.47. The number of allylic oxidation sites excluding steroid dienone is 1. The predicted octanol–water partition coefficient (Wildman–Crippen LogP) is 3.97. The summed E-state index contributed by atoms with van der Waals surface area (Å²) in [7, 11) is 0. The zero-order chi connectivity index (χ0) is 11.1. The molecule has 0 fully saturated rings. The van der Waals surface area contributed by atoms with Gasteiger partial charge in [0.15, 0.2) is 0 Å². The second kappa shape index (κ2) is 6.57. The molecule has 0 bridgehead atoms. The van der Waals surface area contributed by atoms with Crippen LogP contribution in [0.3, 0.4) is 0 Å². The van der Waals surface area contributed by atoms with Gasteiger partial charge in [-0.25, -0.2) is 0 Å². The van der Waals surface area contributed by atoms with Gasteiger partial charge in [-0.3, -0.25) is 0 Å². The van der Waals surface area contributed by atoms with Crippen LogP contribution in [0, 0.1) is 5.92 Å². The minimum atomic E-state index is 0.619. The van der Waals surface area contributed by atoms with Crippen LogP contribution >= 0.6 is 11.6 Å². The lowest BCUT2D eigenvalue weighted by atomic mass is 10.00. The highest BCUT2D eigenvalue weighted by atomic mass is 35.5. The van der Waals surface area contributed by atoms with Crippen molar-refractivity contribution in [2.24, 2.45) is 5.92 Å². The molecule has 0 radical (unpaired) electrons. The van der Waals surface area contributed by atoms with Crippen LogP contribution in [-0.4, -0.2) is 10.2 Å². The van der Waals surface area contributed by atoms with Crippen LogP contribution in [0.2, 0.25) is 5.02 Å². The molecular formula is C12H17ClN2. The van der Waals surface area contributed by atoms with Crippen molar-refractivity contribution in [3.05, 3.63) is 29.1 Å². The van der Waals surface area contributed by atoms with E-state index in [-0.39, 0.29) is 0 Å². The first-order valence-corrected chi connectivity index (χ1v) is 5.81. The normalized spacial score (nSPS) is 13.3. The van der Waals surface area contributed by atoms with E-state index in [2.05, 4.69) is 30.1 Å². The summed E-state index contributed by atoms with van der Waals surface area (Å²) in [5.74, 6) is 0.619. The third-order valence-corrected chi connectivity index (χ3v) is 2.73. The molecule has 1 aromatic rings. The van der Waals surface area contributed by atoms with E-state index in [0.717, 1.165) is 12.1 Å². The molecule has 1 heterocycles. The molecule has 2 nitrogen and oxygen atoms in total. The van der Waals surface area contributed by atoms with Crippen molar-refractivity contribution in [1.29, 1.82) is 0 Å². The number of hydrogen-bond acceptors (Lipinski definition) is 2. The minimum absolute atomic E-state index is 0.619. The number of hydrogen-bond donors (Lipinski definition) is 0. The number of aromatic nitrogens is 2. The Balaban J connectivity index is 2.67. The molecule has 1 atom stereocenters. The number of rotatable bonds is 5. The fraction of sp³-hybridized carbons (Fsp3) is 0.500. The molecule has 0 aromatic carbocycles. The smallest absolute Gasteiger partial charge is 0.104 e. The van der Waals surface area contributed by atoms with Gasteiger partial charge in [-0.15, -0.1) is 5.10 Å². The fourth-order valence-corrected chi connectivity index (χ4v) is 1.63. The number of halogens is 1. The van der Waals surface area contributed by atoms with Crippen molar-refractivity contribution in [2.75, 3.05) is 0 Å². The molecule has 0 spiro atoms. The maximum absolute atomic E-state index is 5.97. The summed E-state index contributed by atoms with van der Waals surface area (Å²) in [5.41, 5.74) is 0.758. The van der Waals surface area contributed by atoms with E-state index in [4.69, 9.17) is 11.6 Å². The maximum Gasteiger partial charge on any atom is 0.104 e. The van der Waals surface area contributed by atoms with Gasteiger partial charge in [0.25, 0.3) is 0 Å². The average molecular weight is 225 g/mol. The summed E-state index contributed by atoms with van der Waals surface area (Å²) in [6.07, 6.45) is 9.33. The summed E-state index contributed by atoms with van der Waals surface area (Å²) in [4.78, 5) is 0. The molecule has 1 rings (SSSR count). The monoisotopic (exact) mass is 224 g/mol. The Kier molecular flexibility index (Phi) is 5.33. The van der Waals surface area contributed by atoms with Crippen molar-refractivity contribution in [2.45, 2.75) is 33.1 Å². The maximum atomic E-state index is 5.97. The van der Waals surface area contributed by atoms with Crippen LogP contribution in [-0.2, 0) is 0 Å². The van der Waals surface area contributed by atoms with Crippen molar-refractivity contribution in [1.82, 2.24) is 10.2 Å². The second-order valence-electron chi connectivity index (χ2n) is 3.58. The van der Waals surface area contributed by atoms with Crippen LogP contribution in [0.25, 0.3) is 6.08 Å². The Labute approximate surface area is 96.4 Å². The van der Waals surface area contributed by atoms with Gasteiger partial charge in [0.2, 0.25) is 0 Å². The van der Waals surface area contributed by atoms with Crippen LogP contribution in [0.4, 0.5) is 0 Å². The quantitative estimate of drug-likeness (QED) is 0.757. The molecule has 0 aliphatic heterocycles. The molecule has 1 aromatic heterocycles. The van der Waals surface area contributed by atoms with Gasteiger partial charge in [-0.05, 0) is 30.9 Å². The molecule has 1 unspecified atom stereocenters. The van der Waals surface area contributed by atoms with Crippen molar-refractivity contribution in [3.63, 3.8) is 0 Å². The van der Waals surface area contributed by atoms with Crippen molar-refractivity contribution >= 4 is 17.7 Å². The molecule has 0 N–H and O–H groups in total.